The van der Waals surface area contributed by atoms with Crippen LogP contribution in [0.25, 0.3) is 127 Å². The summed E-state index contributed by atoms with van der Waals surface area (Å²) in [7, 11) is 0. The molecule has 0 aliphatic carbocycles. The van der Waals surface area contributed by atoms with Crippen LogP contribution in [-0.4, -0.2) is 14.5 Å². The summed E-state index contributed by atoms with van der Waals surface area (Å²) >= 11 is 0. The van der Waals surface area contributed by atoms with Crippen LogP contribution in [0.5, 0.6) is 0 Å². The van der Waals surface area contributed by atoms with E-state index in [4.69, 9.17) is 9.97 Å². The van der Waals surface area contributed by atoms with Crippen molar-refractivity contribution in [1.29, 1.82) is 0 Å². The largest absolute Gasteiger partial charge is 0.309 e. The molecule has 312 valence electrons. The molecule has 0 radical (unpaired) electrons. The molecule has 13 rings (SSSR count). The fourth-order valence-corrected chi connectivity index (χ4v) is 10.3. The van der Waals surface area contributed by atoms with Gasteiger partial charge in [-0.05, 0) is 108 Å². The van der Waals surface area contributed by atoms with Gasteiger partial charge in [0.2, 0.25) is 0 Å². The third kappa shape index (κ3) is 6.59. The van der Waals surface area contributed by atoms with E-state index < -0.39 is 0 Å². The van der Waals surface area contributed by atoms with Crippen molar-refractivity contribution in [3.05, 3.63) is 249 Å². The molecule has 2 aromatic heterocycles. The zero-order chi connectivity index (χ0) is 44.3. The first-order valence-corrected chi connectivity index (χ1v) is 22.9. The Bertz CT molecular complexity index is 4020. The van der Waals surface area contributed by atoms with Crippen molar-refractivity contribution in [3.8, 4) is 73.0 Å². The maximum atomic E-state index is 5.47. The Hall–Kier alpha value is -8.92. The summed E-state index contributed by atoms with van der Waals surface area (Å²) in [6, 6.07) is 89.4. The van der Waals surface area contributed by atoms with Crippen LogP contribution in [0, 0.1) is 0 Å². The van der Waals surface area contributed by atoms with Gasteiger partial charge in [0.15, 0.2) is 5.82 Å². The summed E-state index contributed by atoms with van der Waals surface area (Å²) in [5.41, 5.74) is 15.2. The standard InChI is InChI=1S/C64H41N3/c1-3-17-42(18-4-1)49-23-11-13-27-53(49)59-41-60(54-28-14-12-25-51(54)47-36-38-62-58(40-47)55-29-15-16-30-61(55)67(62)48-21-5-2-6-22-48)66-64(65-59)45-33-31-44(32-34-45)63-52-26-10-8-20-46(52)39-57-50-24-9-7-19-43(50)35-37-56(57)63/h1-41H. The van der Waals surface area contributed by atoms with E-state index in [1.165, 1.54) is 59.7 Å². The number of benzene rings is 11. The van der Waals surface area contributed by atoms with Gasteiger partial charge in [-0.15, -0.1) is 0 Å². The van der Waals surface area contributed by atoms with Gasteiger partial charge < -0.3 is 4.57 Å². The lowest BCUT2D eigenvalue weighted by Gasteiger charge is -2.16. The predicted octanol–water partition coefficient (Wildman–Crippen LogP) is 17.0. The van der Waals surface area contributed by atoms with Crippen molar-refractivity contribution in [2.24, 2.45) is 0 Å². The number of hydrogen-bond acceptors (Lipinski definition) is 2. The third-order valence-corrected chi connectivity index (χ3v) is 13.4. The summed E-state index contributed by atoms with van der Waals surface area (Å²) < 4.78 is 2.36. The average Bonchev–Trinajstić information content (AvgIpc) is 3.74. The Morgan fingerprint density at radius 1 is 0.269 bits per heavy atom. The summed E-state index contributed by atoms with van der Waals surface area (Å²) in [4.78, 5) is 10.9. The molecule has 0 amide bonds. The minimum absolute atomic E-state index is 0.673. The molecule has 0 unspecified atom stereocenters. The number of hydrogen-bond donors (Lipinski definition) is 0. The number of rotatable bonds is 7. The molecule has 67 heavy (non-hydrogen) atoms. The SMILES string of the molecule is c1ccc(-c2ccccc2-c2cc(-c3ccccc3-c3ccc4c(c3)c3ccccc3n4-c3ccccc3)nc(-c3ccc(-c4c5ccccc5cc5c4ccc4ccccc45)cc3)n2)cc1. The van der Waals surface area contributed by atoms with Gasteiger partial charge >= 0.3 is 0 Å². The second-order valence-corrected chi connectivity index (χ2v) is 17.3. The van der Waals surface area contributed by atoms with Crippen LogP contribution in [-0.2, 0) is 0 Å². The van der Waals surface area contributed by atoms with Gasteiger partial charge in [-0.3, -0.25) is 0 Å². The maximum Gasteiger partial charge on any atom is 0.160 e. The maximum absolute atomic E-state index is 5.47. The van der Waals surface area contributed by atoms with Crippen LogP contribution in [0.1, 0.15) is 0 Å². The Morgan fingerprint density at radius 2 is 0.806 bits per heavy atom. The normalized spacial score (nSPS) is 11.6. The van der Waals surface area contributed by atoms with E-state index in [1.807, 2.05) is 0 Å². The van der Waals surface area contributed by atoms with Gasteiger partial charge in [0.1, 0.15) is 0 Å². The van der Waals surface area contributed by atoms with Crippen LogP contribution >= 0.6 is 0 Å². The lowest BCUT2D eigenvalue weighted by atomic mass is 9.89. The molecule has 0 aliphatic heterocycles. The molecule has 0 N–H and O–H groups in total. The summed E-state index contributed by atoms with van der Waals surface area (Å²) in [6.45, 7) is 0. The van der Waals surface area contributed by atoms with Crippen molar-refractivity contribution in [1.82, 2.24) is 14.5 Å². The second kappa shape index (κ2) is 16.0. The topological polar surface area (TPSA) is 30.7 Å². The summed E-state index contributed by atoms with van der Waals surface area (Å²) in [5.74, 6) is 0.673. The molecule has 3 nitrogen and oxygen atoms in total. The highest BCUT2D eigenvalue weighted by molar-refractivity contribution is 6.20. The molecule has 0 aliphatic rings. The van der Waals surface area contributed by atoms with Crippen LogP contribution < -0.4 is 0 Å². The van der Waals surface area contributed by atoms with Crippen molar-refractivity contribution in [3.63, 3.8) is 0 Å². The summed E-state index contributed by atoms with van der Waals surface area (Å²) in [5, 5.41) is 9.88. The lowest BCUT2D eigenvalue weighted by molar-refractivity contribution is 1.18. The zero-order valence-corrected chi connectivity index (χ0v) is 36.5. The first kappa shape index (κ1) is 38.5. The van der Waals surface area contributed by atoms with E-state index in [-0.39, 0.29) is 0 Å². The van der Waals surface area contributed by atoms with Gasteiger partial charge in [-0.2, -0.15) is 0 Å². The number of fused-ring (bicyclic) bond motifs is 7. The molecule has 0 fully saturated rings. The Kier molecular flexibility index (Phi) is 9.17. The molecular weight excluding hydrogens is 811 g/mol. The van der Waals surface area contributed by atoms with Crippen molar-refractivity contribution in [2.45, 2.75) is 0 Å². The highest BCUT2D eigenvalue weighted by Gasteiger charge is 2.19. The van der Waals surface area contributed by atoms with Gasteiger partial charge in [0.25, 0.3) is 0 Å². The highest BCUT2D eigenvalue weighted by Crippen LogP contribution is 2.42. The van der Waals surface area contributed by atoms with E-state index in [1.54, 1.807) is 0 Å². The molecule has 3 heteroatoms. The van der Waals surface area contributed by atoms with Crippen LogP contribution in [0.2, 0.25) is 0 Å². The minimum Gasteiger partial charge on any atom is -0.309 e. The van der Waals surface area contributed by atoms with E-state index in [9.17, 15) is 0 Å². The monoisotopic (exact) mass is 851 g/mol. The Labute approximate surface area is 388 Å². The Balaban J connectivity index is 0.988. The number of para-hydroxylation sites is 2. The fraction of sp³-hybridized carbons (Fsp3) is 0. The van der Waals surface area contributed by atoms with Crippen molar-refractivity contribution in [2.75, 3.05) is 0 Å². The molecule has 2 heterocycles. The van der Waals surface area contributed by atoms with E-state index in [2.05, 4.69) is 253 Å². The van der Waals surface area contributed by atoms with Crippen molar-refractivity contribution >= 4 is 54.1 Å². The third-order valence-electron chi connectivity index (χ3n) is 13.4. The highest BCUT2D eigenvalue weighted by atomic mass is 15.0. The number of aromatic nitrogens is 3. The minimum atomic E-state index is 0.673. The second-order valence-electron chi connectivity index (χ2n) is 17.3. The Morgan fingerprint density at radius 3 is 1.54 bits per heavy atom. The van der Waals surface area contributed by atoms with Crippen LogP contribution in [0.4, 0.5) is 0 Å². The van der Waals surface area contributed by atoms with Gasteiger partial charge in [0.05, 0.1) is 22.4 Å². The molecule has 0 spiro atoms. The molecule has 0 saturated carbocycles. The fourth-order valence-electron chi connectivity index (χ4n) is 10.3. The van der Waals surface area contributed by atoms with Gasteiger partial charge in [-0.25, -0.2) is 9.97 Å². The molecular formula is C64H41N3. The quantitative estimate of drug-likeness (QED) is 0.118. The van der Waals surface area contributed by atoms with E-state index >= 15 is 0 Å². The molecule has 0 atom stereocenters. The smallest absolute Gasteiger partial charge is 0.160 e. The molecule has 13 aromatic rings. The molecule has 0 saturated heterocycles. The molecule has 11 aromatic carbocycles. The lowest BCUT2D eigenvalue weighted by Crippen LogP contribution is -1.98. The first-order valence-electron chi connectivity index (χ1n) is 22.9. The van der Waals surface area contributed by atoms with E-state index in [0.717, 1.165) is 61.6 Å². The van der Waals surface area contributed by atoms with Crippen LogP contribution in [0.3, 0.4) is 0 Å². The zero-order valence-electron chi connectivity index (χ0n) is 36.5. The van der Waals surface area contributed by atoms with Gasteiger partial charge in [0, 0.05) is 33.2 Å². The van der Waals surface area contributed by atoms with Crippen LogP contribution in [0.15, 0.2) is 249 Å². The average molecular weight is 852 g/mol. The first-order chi connectivity index (χ1) is 33.2. The predicted molar refractivity (Wildman–Crippen MR) is 282 cm³/mol. The van der Waals surface area contributed by atoms with E-state index in [0.29, 0.717) is 5.82 Å². The molecule has 0 bridgehead atoms. The van der Waals surface area contributed by atoms with Crippen molar-refractivity contribution < 1.29 is 0 Å². The number of nitrogens with zero attached hydrogens (tertiary/aromatic N) is 3. The summed E-state index contributed by atoms with van der Waals surface area (Å²) in [6.07, 6.45) is 0. The van der Waals surface area contributed by atoms with Gasteiger partial charge in [-0.1, -0.05) is 206 Å².